The molecule has 118 valence electrons. The summed E-state index contributed by atoms with van der Waals surface area (Å²) in [6.07, 6.45) is 1.57. The molecule has 1 heterocycles. The molecule has 0 spiro atoms. The molecule has 2 aromatic rings. The van der Waals surface area contributed by atoms with E-state index in [0.717, 1.165) is 6.26 Å². The van der Waals surface area contributed by atoms with Crippen molar-refractivity contribution in [3.63, 3.8) is 0 Å². The normalized spacial score (nSPS) is 13.0. The Morgan fingerprint density at radius 1 is 1.23 bits per heavy atom. The van der Waals surface area contributed by atoms with Crippen LogP contribution in [0.3, 0.4) is 0 Å². The van der Waals surface area contributed by atoms with Crippen LogP contribution in [-0.4, -0.2) is 20.1 Å². The molecule has 0 aliphatic rings. The van der Waals surface area contributed by atoms with Gasteiger partial charge in [-0.3, -0.25) is 0 Å². The first-order valence-electron chi connectivity index (χ1n) is 6.81. The van der Waals surface area contributed by atoms with Crippen molar-refractivity contribution in [3.05, 3.63) is 58.6 Å². The van der Waals surface area contributed by atoms with Crippen LogP contribution >= 0.6 is 0 Å². The van der Waals surface area contributed by atoms with Gasteiger partial charge in [-0.15, -0.1) is 0 Å². The summed E-state index contributed by atoms with van der Waals surface area (Å²) in [5.41, 5.74) is -0.577. The maximum Gasteiger partial charge on any atom is 0.342 e. The highest BCUT2D eigenvalue weighted by Crippen LogP contribution is 2.24. The Morgan fingerprint density at radius 3 is 2.50 bits per heavy atom. The first kappa shape index (κ1) is 16.3. The van der Waals surface area contributed by atoms with Gasteiger partial charge in [-0.05, 0) is 18.6 Å². The Labute approximate surface area is 128 Å². The van der Waals surface area contributed by atoms with E-state index >= 15 is 0 Å². The number of benzene rings is 1. The minimum absolute atomic E-state index is 0.00391. The molecule has 0 bridgehead atoms. The summed E-state index contributed by atoms with van der Waals surface area (Å²) in [5.74, 6) is -0.669. The van der Waals surface area contributed by atoms with E-state index in [4.69, 9.17) is 4.42 Å². The molecule has 1 aromatic carbocycles. The summed E-state index contributed by atoms with van der Waals surface area (Å²) in [6.45, 7) is 1.80. The van der Waals surface area contributed by atoms with Gasteiger partial charge in [0.15, 0.2) is 0 Å². The van der Waals surface area contributed by atoms with Crippen LogP contribution in [0.25, 0.3) is 0 Å². The van der Waals surface area contributed by atoms with Gasteiger partial charge < -0.3 is 9.52 Å². The van der Waals surface area contributed by atoms with Gasteiger partial charge in [0.25, 0.3) is 0 Å². The van der Waals surface area contributed by atoms with Crippen molar-refractivity contribution >= 4 is 10.0 Å². The number of hydrogen-bond acceptors (Lipinski definition) is 5. The molecule has 2 rings (SSSR count). The molecule has 1 atom stereocenters. The van der Waals surface area contributed by atoms with Gasteiger partial charge in [0.05, 0.1) is 16.7 Å². The second-order valence-corrected chi connectivity index (χ2v) is 6.54. The monoisotopic (exact) mass is 323 g/mol. The fourth-order valence-corrected chi connectivity index (χ4v) is 3.24. The van der Waals surface area contributed by atoms with Crippen LogP contribution in [0.2, 0.25) is 0 Å². The molecule has 2 N–H and O–H groups in total. The van der Waals surface area contributed by atoms with Gasteiger partial charge in [0.1, 0.15) is 5.75 Å². The number of nitrogens with one attached hydrogen (secondary N) is 1. The van der Waals surface area contributed by atoms with Crippen LogP contribution in [0, 0.1) is 0 Å². The lowest BCUT2D eigenvalue weighted by Gasteiger charge is -2.16. The Bertz CT molecular complexity index is 783. The van der Waals surface area contributed by atoms with E-state index in [1.54, 1.807) is 25.1 Å². The van der Waals surface area contributed by atoms with Gasteiger partial charge in [-0.1, -0.05) is 25.1 Å². The summed E-state index contributed by atoms with van der Waals surface area (Å²) in [6, 6.07) is 9.22. The van der Waals surface area contributed by atoms with Crippen LogP contribution in [0.4, 0.5) is 0 Å². The van der Waals surface area contributed by atoms with Crippen LogP contribution in [0.15, 0.2) is 56.8 Å². The van der Waals surface area contributed by atoms with E-state index in [0.29, 0.717) is 6.42 Å². The molecule has 0 fully saturated rings. The largest absolute Gasteiger partial charge is 0.507 e. The zero-order chi connectivity index (χ0) is 16.2. The Morgan fingerprint density at radius 2 is 1.91 bits per heavy atom. The highest BCUT2D eigenvalue weighted by atomic mass is 32.2. The zero-order valence-corrected chi connectivity index (χ0v) is 12.8. The highest BCUT2D eigenvalue weighted by molar-refractivity contribution is 7.89. The van der Waals surface area contributed by atoms with Crippen LogP contribution in [0.5, 0.6) is 5.75 Å². The van der Waals surface area contributed by atoms with Crippen molar-refractivity contribution in [2.24, 2.45) is 0 Å². The molecule has 0 radical (unpaired) electrons. The molecule has 0 saturated heterocycles. The van der Waals surface area contributed by atoms with Crippen molar-refractivity contribution in [2.75, 3.05) is 6.54 Å². The molecule has 0 aliphatic heterocycles. The summed E-state index contributed by atoms with van der Waals surface area (Å²) < 4.78 is 31.6. The van der Waals surface area contributed by atoms with Gasteiger partial charge in [0.2, 0.25) is 10.0 Å². The predicted molar refractivity (Wildman–Crippen MR) is 81.3 cm³/mol. The van der Waals surface area contributed by atoms with Crippen LogP contribution in [-0.2, 0) is 10.0 Å². The fraction of sp³-hybridized carbons (Fsp3) is 0.267. The molecule has 1 aromatic heterocycles. The fourth-order valence-electron chi connectivity index (χ4n) is 2.14. The molecule has 6 nitrogen and oxygen atoms in total. The molecule has 7 heteroatoms. The van der Waals surface area contributed by atoms with Crippen molar-refractivity contribution in [2.45, 2.75) is 24.2 Å². The van der Waals surface area contributed by atoms with E-state index in [9.17, 15) is 18.3 Å². The maximum absolute atomic E-state index is 12.2. The lowest BCUT2D eigenvalue weighted by molar-refractivity contribution is 0.421. The summed E-state index contributed by atoms with van der Waals surface area (Å²) >= 11 is 0. The minimum atomic E-state index is -3.66. The average Bonchev–Trinajstić information content (AvgIpc) is 2.51. The molecule has 22 heavy (non-hydrogen) atoms. The number of aromatic hydroxyl groups is 1. The topological polar surface area (TPSA) is 96.6 Å². The molecular weight excluding hydrogens is 306 g/mol. The molecule has 0 saturated carbocycles. The van der Waals surface area contributed by atoms with Gasteiger partial charge in [-0.25, -0.2) is 17.9 Å². The van der Waals surface area contributed by atoms with Crippen molar-refractivity contribution < 1.29 is 17.9 Å². The minimum Gasteiger partial charge on any atom is -0.507 e. The predicted octanol–water partition coefficient (Wildman–Crippen LogP) is 1.82. The van der Waals surface area contributed by atoms with Gasteiger partial charge in [0, 0.05) is 18.5 Å². The van der Waals surface area contributed by atoms with Crippen LogP contribution < -0.4 is 10.3 Å². The Balaban J connectivity index is 2.21. The van der Waals surface area contributed by atoms with Crippen molar-refractivity contribution in [1.82, 2.24) is 4.72 Å². The summed E-state index contributed by atoms with van der Waals surface area (Å²) in [5, 5.41) is 9.80. The van der Waals surface area contributed by atoms with Crippen molar-refractivity contribution in [3.8, 4) is 5.75 Å². The first-order chi connectivity index (χ1) is 10.5. The Hall–Kier alpha value is -2.12. The second kappa shape index (κ2) is 6.76. The van der Waals surface area contributed by atoms with E-state index in [-0.39, 0.29) is 22.8 Å². The third kappa shape index (κ3) is 3.55. The van der Waals surface area contributed by atoms with Gasteiger partial charge in [-0.2, -0.15) is 0 Å². The lowest BCUT2D eigenvalue weighted by Crippen LogP contribution is -2.30. The molecule has 0 amide bonds. The smallest absolute Gasteiger partial charge is 0.342 e. The third-order valence-electron chi connectivity index (χ3n) is 3.37. The quantitative estimate of drug-likeness (QED) is 0.845. The van der Waals surface area contributed by atoms with Crippen molar-refractivity contribution in [1.29, 1.82) is 0 Å². The van der Waals surface area contributed by atoms with E-state index in [1.165, 1.54) is 18.2 Å². The lowest BCUT2D eigenvalue weighted by atomic mass is 9.98. The summed E-state index contributed by atoms with van der Waals surface area (Å²) in [4.78, 5) is 11.9. The summed E-state index contributed by atoms with van der Waals surface area (Å²) in [7, 11) is -3.66. The number of rotatable bonds is 6. The standard InChI is InChI=1S/C15H17NO5S/c1-2-11(14-13(17)8-9-21-15(14)18)10-16-22(19,20)12-6-4-3-5-7-12/h3-9,11,16-17H,2,10H2,1H3. The average molecular weight is 323 g/mol. The van der Waals surface area contributed by atoms with E-state index < -0.39 is 21.6 Å². The molecule has 1 unspecified atom stereocenters. The number of hydrogen-bond donors (Lipinski definition) is 2. The van der Waals surface area contributed by atoms with E-state index in [2.05, 4.69) is 4.72 Å². The second-order valence-electron chi connectivity index (χ2n) is 4.78. The van der Waals surface area contributed by atoms with Crippen LogP contribution in [0.1, 0.15) is 24.8 Å². The molecular formula is C15H17NO5S. The van der Waals surface area contributed by atoms with E-state index in [1.807, 2.05) is 0 Å². The highest BCUT2D eigenvalue weighted by Gasteiger charge is 2.22. The third-order valence-corrected chi connectivity index (χ3v) is 4.81. The zero-order valence-electron chi connectivity index (χ0n) is 12.0. The Kier molecular flexibility index (Phi) is 4.99. The number of sulfonamides is 1. The SMILES string of the molecule is CCC(CNS(=O)(=O)c1ccccc1)c1c(O)ccoc1=O. The molecule has 0 aliphatic carbocycles. The maximum atomic E-state index is 12.2. The van der Waals surface area contributed by atoms with Gasteiger partial charge >= 0.3 is 5.63 Å². The first-order valence-corrected chi connectivity index (χ1v) is 8.29.